The van der Waals surface area contributed by atoms with Gasteiger partial charge in [-0.1, -0.05) is 109 Å². The van der Waals surface area contributed by atoms with E-state index in [0.29, 0.717) is 0 Å². The number of hydrogen-bond donors (Lipinski definition) is 0. The van der Waals surface area contributed by atoms with Crippen LogP contribution in [0.4, 0.5) is 0 Å². The van der Waals surface area contributed by atoms with Gasteiger partial charge < -0.3 is 8.37 Å². The summed E-state index contributed by atoms with van der Waals surface area (Å²) in [6.07, 6.45) is 0. The molecule has 222 valence electrons. The van der Waals surface area contributed by atoms with Crippen molar-refractivity contribution >= 4 is 20.2 Å². The van der Waals surface area contributed by atoms with Crippen molar-refractivity contribution in [2.45, 2.75) is 15.2 Å². The molecule has 0 N–H and O–H groups in total. The largest absolute Gasteiger partial charge is 0.379 e. The summed E-state index contributed by atoms with van der Waals surface area (Å²) in [5.41, 5.74) is 5.22. The Morgan fingerprint density at radius 3 is 1.09 bits per heavy atom. The summed E-state index contributed by atoms with van der Waals surface area (Å²) in [5.74, 6) is 0.374. The molecule has 1 aliphatic rings. The van der Waals surface area contributed by atoms with Crippen LogP contribution >= 0.6 is 0 Å². The van der Waals surface area contributed by atoms with Crippen molar-refractivity contribution in [2.75, 3.05) is 0 Å². The smallest absolute Gasteiger partial charge is 0.339 e. The summed E-state index contributed by atoms with van der Waals surface area (Å²) in [6.45, 7) is 0. The van der Waals surface area contributed by atoms with E-state index in [1.54, 1.807) is 60.7 Å². The molecular weight excluding hydrogens is 605 g/mol. The molecule has 6 aromatic carbocycles. The maximum absolute atomic E-state index is 12.9. The third kappa shape index (κ3) is 4.98. The van der Waals surface area contributed by atoms with Crippen molar-refractivity contribution in [2.24, 2.45) is 0 Å². The van der Waals surface area contributed by atoms with Crippen molar-refractivity contribution in [3.63, 3.8) is 0 Å². The molecule has 0 unspecified atom stereocenters. The van der Waals surface area contributed by atoms with Gasteiger partial charge in [-0.25, -0.2) is 0 Å². The van der Waals surface area contributed by atoms with Crippen LogP contribution in [0.25, 0.3) is 11.1 Å². The van der Waals surface area contributed by atoms with Crippen LogP contribution in [0, 0.1) is 0 Å². The molecule has 0 heterocycles. The minimum atomic E-state index is -4.01. The monoisotopic (exact) mass is 630 g/mol. The molecule has 8 heteroatoms. The van der Waals surface area contributed by atoms with Crippen LogP contribution in [0.2, 0.25) is 0 Å². The first-order valence-electron chi connectivity index (χ1n) is 14.2. The maximum atomic E-state index is 12.9. The van der Waals surface area contributed by atoms with Crippen molar-refractivity contribution in [1.29, 1.82) is 0 Å². The molecule has 0 fully saturated rings. The third-order valence-corrected chi connectivity index (χ3v) is 10.5. The zero-order chi connectivity index (χ0) is 31.1. The first kappa shape index (κ1) is 28.6. The summed E-state index contributed by atoms with van der Waals surface area (Å²) in [4.78, 5) is 0.140. The van der Waals surface area contributed by atoms with Crippen LogP contribution in [0.5, 0.6) is 11.5 Å². The molecule has 7 rings (SSSR count). The Morgan fingerprint density at radius 2 is 0.711 bits per heavy atom. The summed E-state index contributed by atoms with van der Waals surface area (Å²) >= 11 is 0. The van der Waals surface area contributed by atoms with Gasteiger partial charge in [0.05, 0.1) is 5.41 Å². The van der Waals surface area contributed by atoms with Crippen LogP contribution in [0.3, 0.4) is 0 Å². The van der Waals surface area contributed by atoms with E-state index in [0.717, 1.165) is 33.4 Å². The van der Waals surface area contributed by atoms with Gasteiger partial charge in [0.25, 0.3) is 0 Å². The minimum absolute atomic E-state index is 0.0702. The van der Waals surface area contributed by atoms with Gasteiger partial charge >= 0.3 is 20.2 Å². The first-order chi connectivity index (χ1) is 21.8. The van der Waals surface area contributed by atoms with Crippen molar-refractivity contribution in [3.8, 4) is 22.6 Å². The van der Waals surface area contributed by atoms with Gasteiger partial charge in [-0.15, -0.1) is 0 Å². The van der Waals surface area contributed by atoms with Crippen molar-refractivity contribution in [1.82, 2.24) is 0 Å². The Kier molecular flexibility index (Phi) is 7.03. The van der Waals surface area contributed by atoms with E-state index in [2.05, 4.69) is 24.3 Å². The fourth-order valence-corrected chi connectivity index (χ4v) is 7.97. The molecule has 0 aliphatic heterocycles. The van der Waals surface area contributed by atoms with E-state index in [9.17, 15) is 16.8 Å². The molecule has 0 aromatic heterocycles. The van der Waals surface area contributed by atoms with Crippen LogP contribution in [-0.4, -0.2) is 16.8 Å². The van der Waals surface area contributed by atoms with E-state index < -0.39 is 25.7 Å². The van der Waals surface area contributed by atoms with Crippen LogP contribution < -0.4 is 8.37 Å². The highest BCUT2D eigenvalue weighted by Crippen LogP contribution is 2.56. The molecule has 6 aromatic rings. The lowest BCUT2D eigenvalue weighted by Crippen LogP contribution is -2.28. The molecule has 0 saturated heterocycles. The fourth-order valence-electron chi connectivity index (χ4n) is 6.07. The molecule has 6 nitrogen and oxygen atoms in total. The zero-order valence-electron chi connectivity index (χ0n) is 23.8. The van der Waals surface area contributed by atoms with E-state index in [4.69, 9.17) is 8.37 Å². The van der Waals surface area contributed by atoms with Gasteiger partial charge in [-0.3, -0.25) is 0 Å². The number of fused-ring (bicyclic) bond motifs is 3. The molecule has 0 atom stereocenters. The molecule has 0 amide bonds. The average molecular weight is 631 g/mol. The Morgan fingerprint density at radius 1 is 0.378 bits per heavy atom. The Labute approximate surface area is 262 Å². The predicted molar refractivity (Wildman–Crippen MR) is 172 cm³/mol. The van der Waals surface area contributed by atoms with Gasteiger partial charge in [-0.2, -0.15) is 16.8 Å². The van der Waals surface area contributed by atoms with E-state index in [1.807, 2.05) is 48.5 Å². The lowest BCUT2D eigenvalue weighted by molar-refractivity contribution is 0.484. The molecule has 0 saturated carbocycles. The highest BCUT2D eigenvalue weighted by molar-refractivity contribution is 7.87. The average Bonchev–Trinajstić information content (AvgIpc) is 3.37. The van der Waals surface area contributed by atoms with Gasteiger partial charge in [0.15, 0.2) is 0 Å². The zero-order valence-corrected chi connectivity index (χ0v) is 25.4. The van der Waals surface area contributed by atoms with Crippen molar-refractivity contribution in [3.05, 3.63) is 180 Å². The lowest BCUT2D eigenvalue weighted by atomic mass is 9.68. The van der Waals surface area contributed by atoms with E-state index in [-0.39, 0.29) is 21.3 Å². The molecular formula is C37H26O6S2. The minimum Gasteiger partial charge on any atom is -0.379 e. The Balaban J connectivity index is 1.33. The molecule has 0 spiro atoms. The number of rotatable bonds is 8. The normalized spacial score (nSPS) is 13.4. The second-order valence-electron chi connectivity index (χ2n) is 10.6. The second-order valence-corrected chi connectivity index (χ2v) is 13.7. The van der Waals surface area contributed by atoms with Gasteiger partial charge in [0.1, 0.15) is 21.3 Å². The summed E-state index contributed by atoms with van der Waals surface area (Å²) in [7, 11) is -8.03. The first-order valence-corrected chi connectivity index (χ1v) is 17.0. The van der Waals surface area contributed by atoms with Crippen LogP contribution in [0.15, 0.2) is 168 Å². The SMILES string of the molecule is O=S(=O)(Oc1ccc(C2(c3ccc(OS(=O)(=O)c4ccccc4)cc3)c3ccccc3-c3ccccc32)cc1)c1ccccc1. The summed E-state index contributed by atoms with van der Waals surface area (Å²) < 4.78 is 62.6. The Hall–Kier alpha value is -5.18. The van der Waals surface area contributed by atoms with Crippen molar-refractivity contribution < 1.29 is 25.2 Å². The summed E-state index contributed by atoms with van der Waals surface area (Å²) in [5, 5.41) is 0. The highest BCUT2D eigenvalue weighted by atomic mass is 32.2. The topological polar surface area (TPSA) is 86.7 Å². The van der Waals surface area contributed by atoms with Crippen LogP contribution in [0.1, 0.15) is 22.3 Å². The highest BCUT2D eigenvalue weighted by Gasteiger charge is 2.46. The Bertz CT molecular complexity index is 2050. The van der Waals surface area contributed by atoms with E-state index >= 15 is 0 Å². The lowest BCUT2D eigenvalue weighted by Gasteiger charge is -2.34. The predicted octanol–water partition coefficient (Wildman–Crippen LogP) is 7.59. The molecule has 1 aliphatic carbocycles. The van der Waals surface area contributed by atoms with Gasteiger partial charge in [0.2, 0.25) is 0 Å². The standard InChI is InChI=1S/C37H26O6S2/c38-44(39,31-11-3-1-4-12-31)42-29-23-19-27(20-24-29)37(35-17-9-7-15-33(35)34-16-8-10-18-36(34)37)28-21-25-30(26-22-28)43-45(40,41)32-13-5-2-6-14-32/h1-26H. The third-order valence-electron chi connectivity index (χ3n) is 8.00. The summed E-state index contributed by atoms with van der Waals surface area (Å²) in [6, 6.07) is 46.5. The second kappa shape index (κ2) is 11.1. The molecule has 0 bridgehead atoms. The van der Waals surface area contributed by atoms with Gasteiger partial charge in [0, 0.05) is 0 Å². The number of hydrogen-bond acceptors (Lipinski definition) is 6. The molecule has 45 heavy (non-hydrogen) atoms. The quantitative estimate of drug-likeness (QED) is 0.161. The maximum Gasteiger partial charge on any atom is 0.339 e. The number of benzene rings is 6. The van der Waals surface area contributed by atoms with Gasteiger partial charge in [-0.05, 0) is 81.9 Å². The van der Waals surface area contributed by atoms with Crippen LogP contribution in [-0.2, 0) is 25.7 Å². The fraction of sp³-hybridized carbons (Fsp3) is 0.0270. The van der Waals surface area contributed by atoms with E-state index in [1.165, 1.54) is 24.3 Å². The molecule has 0 radical (unpaired) electrons.